The van der Waals surface area contributed by atoms with Gasteiger partial charge in [0.2, 0.25) is 0 Å². The van der Waals surface area contributed by atoms with Crippen LogP contribution in [0.25, 0.3) is 5.57 Å². The molecule has 0 aliphatic carbocycles. The molecular formula is C23H23F7N4O. The zero-order valence-electron chi connectivity index (χ0n) is 18.8. The van der Waals surface area contributed by atoms with Crippen molar-refractivity contribution in [3.8, 4) is 5.75 Å². The minimum absolute atomic E-state index is 0.0247. The van der Waals surface area contributed by atoms with Crippen LogP contribution in [0.15, 0.2) is 54.0 Å². The van der Waals surface area contributed by atoms with Crippen LogP contribution in [0.4, 0.5) is 36.6 Å². The van der Waals surface area contributed by atoms with Gasteiger partial charge >= 0.3 is 12.5 Å². The molecule has 0 spiro atoms. The summed E-state index contributed by atoms with van der Waals surface area (Å²) in [5.74, 6) is -1.58. The summed E-state index contributed by atoms with van der Waals surface area (Å²) in [7, 11) is 0. The molecule has 12 heteroatoms. The Labute approximate surface area is 197 Å². The minimum atomic E-state index is -4.92. The lowest BCUT2D eigenvalue weighted by Gasteiger charge is -2.25. The number of hydrogen-bond donors (Lipinski definition) is 1. The lowest BCUT2D eigenvalue weighted by molar-refractivity contribution is -0.274. The second-order valence-corrected chi connectivity index (χ2v) is 7.67. The Bertz CT molecular complexity index is 1130. The third kappa shape index (κ3) is 6.64. The van der Waals surface area contributed by atoms with E-state index in [2.05, 4.69) is 20.1 Å². The van der Waals surface area contributed by atoms with Crippen LogP contribution in [0.1, 0.15) is 50.5 Å². The summed E-state index contributed by atoms with van der Waals surface area (Å²) in [5, 5.41) is 7.18. The Balaban J connectivity index is 2.00. The van der Waals surface area contributed by atoms with Crippen molar-refractivity contribution in [1.29, 1.82) is 0 Å². The number of alkyl halides is 6. The third-order valence-electron chi connectivity index (χ3n) is 5.18. The Morgan fingerprint density at radius 1 is 1.26 bits per heavy atom. The molecule has 2 aromatic rings. The molecule has 0 amide bonds. The standard InChI is InChI=1S/C23H23F7N4O/c1-3-7-14(22(25,26)27)12-15(16(24)4-2)18-13-19-17(8-6-11-34(19)33-18)32-21-20(9-5-10-31-21)35-23(28,29)30/h4-5,7,9-10,12-13,17H,3,6,8,11H2,1-2H3,(H,31,32)/b14-7-,15-12+,16-4+. The molecule has 35 heavy (non-hydrogen) atoms. The number of rotatable bonds is 7. The lowest BCUT2D eigenvalue weighted by Crippen LogP contribution is -2.23. The molecule has 3 heterocycles. The first-order valence-electron chi connectivity index (χ1n) is 10.8. The van der Waals surface area contributed by atoms with Gasteiger partial charge < -0.3 is 10.1 Å². The number of aromatic nitrogens is 3. The van der Waals surface area contributed by atoms with Gasteiger partial charge in [-0.25, -0.2) is 9.37 Å². The van der Waals surface area contributed by atoms with Crippen molar-refractivity contribution < 1.29 is 35.5 Å². The Kier molecular flexibility index (Phi) is 7.91. The van der Waals surface area contributed by atoms with E-state index in [1.165, 1.54) is 36.9 Å². The number of pyridine rings is 1. The lowest BCUT2D eigenvalue weighted by atomic mass is 10.0. The molecule has 0 radical (unpaired) electrons. The predicted molar refractivity (Wildman–Crippen MR) is 116 cm³/mol. The van der Waals surface area contributed by atoms with Crippen LogP contribution >= 0.6 is 0 Å². The molecular weight excluding hydrogens is 481 g/mol. The van der Waals surface area contributed by atoms with Crippen LogP contribution in [-0.2, 0) is 6.54 Å². The maximum Gasteiger partial charge on any atom is 0.573 e. The van der Waals surface area contributed by atoms with Gasteiger partial charge in [0.1, 0.15) is 5.83 Å². The van der Waals surface area contributed by atoms with Gasteiger partial charge in [0, 0.05) is 18.3 Å². The van der Waals surface area contributed by atoms with E-state index in [1.54, 1.807) is 0 Å². The summed E-state index contributed by atoms with van der Waals surface area (Å²) in [4.78, 5) is 3.92. The van der Waals surface area contributed by atoms with E-state index in [4.69, 9.17) is 0 Å². The van der Waals surface area contributed by atoms with Gasteiger partial charge in [-0.2, -0.15) is 18.3 Å². The normalized spacial score (nSPS) is 17.9. The number of nitrogens with one attached hydrogen (secondary N) is 1. The molecule has 0 aromatic carbocycles. The number of anilines is 1. The fourth-order valence-electron chi connectivity index (χ4n) is 3.69. The Morgan fingerprint density at radius 2 is 2.00 bits per heavy atom. The van der Waals surface area contributed by atoms with Crippen LogP contribution in [0, 0.1) is 0 Å². The monoisotopic (exact) mass is 504 g/mol. The molecule has 0 fully saturated rings. The fourth-order valence-corrected chi connectivity index (χ4v) is 3.69. The zero-order chi connectivity index (χ0) is 25.8. The van der Waals surface area contributed by atoms with Crippen LogP contribution in [-0.4, -0.2) is 27.3 Å². The number of allylic oxidation sites excluding steroid dienone is 6. The topological polar surface area (TPSA) is 52.0 Å². The highest BCUT2D eigenvalue weighted by molar-refractivity contribution is 5.77. The SMILES string of the molecule is C\C=C(F)/C(=C\C(=C\CC)C(F)(F)F)c1cc2n(n1)CCCC2Nc1ncccc1OC(F)(F)F. The average molecular weight is 504 g/mol. The number of ether oxygens (including phenoxy) is 1. The molecule has 3 rings (SSSR count). The largest absolute Gasteiger partial charge is 0.573 e. The van der Waals surface area contributed by atoms with Gasteiger partial charge in [0.05, 0.1) is 23.0 Å². The fraction of sp³-hybridized carbons (Fsp3) is 0.391. The van der Waals surface area contributed by atoms with Crippen LogP contribution in [0.3, 0.4) is 0 Å². The average Bonchev–Trinajstić information content (AvgIpc) is 3.20. The first kappa shape index (κ1) is 26.3. The molecule has 1 aliphatic rings. The number of nitrogens with zero attached hydrogens (tertiary/aromatic N) is 3. The van der Waals surface area contributed by atoms with E-state index in [-0.39, 0.29) is 23.5 Å². The van der Waals surface area contributed by atoms with Crippen molar-refractivity contribution in [1.82, 2.24) is 14.8 Å². The van der Waals surface area contributed by atoms with Crippen molar-refractivity contribution in [3.63, 3.8) is 0 Å². The zero-order valence-corrected chi connectivity index (χ0v) is 18.8. The highest BCUT2D eigenvalue weighted by Gasteiger charge is 2.34. The summed E-state index contributed by atoms with van der Waals surface area (Å²) in [6, 6.07) is 3.24. The van der Waals surface area contributed by atoms with Gasteiger partial charge in [-0.1, -0.05) is 19.1 Å². The van der Waals surface area contributed by atoms with Gasteiger partial charge in [-0.3, -0.25) is 4.68 Å². The van der Waals surface area contributed by atoms with E-state index >= 15 is 0 Å². The highest BCUT2D eigenvalue weighted by Crippen LogP contribution is 2.37. The number of hydrogen-bond acceptors (Lipinski definition) is 4. The van der Waals surface area contributed by atoms with Gasteiger partial charge in [0.15, 0.2) is 11.6 Å². The smallest absolute Gasteiger partial charge is 0.402 e. The predicted octanol–water partition coefficient (Wildman–Crippen LogP) is 7.28. The van der Waals surface area contributed by atoms with Crippen molar-refractivity contribution >= 4 is 11.4 Å². The van der Waals surface area contributed by atoms with Gasteiger partial charge in [-0.15, -0.1) is 13.2 Å². The number of fused-ring (bicyclic) bond motifs is 1. The molecule has 1 unspecified atom stereocenters. The molecule has 1 aliphatic heterocycles. The molecule has 1 atom stereocenters. The first-order valence-corrected chi connectivity index (χ1v) is 10.8. The van der Waals surface area contributed by atoms with Crippen molar-refractivity contribution in [2.45, 2.75) is 58.2 Å². The molecule has 190 valence electrons. The highest BCUT2D eigenvalue weighted by atomic mass is 19.4. The van der Waals surface area contributed by atoms with Crippen molar-refractivity contribution in [2.75, 3.05) is 5.32 Å². The molecule has 1 N–H and O–H groups in total. The summed E-state index contributed by atoms with van der Waals surface area (Å²) in [6.45, 7) is 3.29. The van der Waals surface area contributed by atoms with Crippen LogP contribution in [0.5, 0.6) is 5.75 Å². The van der Waals surface area contributed by atoms with E-state index in [1.807, 2.05) is 0 Å². The van der Waals surface area contributed by atoms with Gasteiger partial charge in [0.25, 0.3) is 0 Å². The third-order valence-corrected chi connectivity index (χ3v) is 5.18. The maximum absolute atomic E-state index is 14.7. The summed E-state index contributed by atoms with van der Waals surface area (Å²) in [6.07, 6.45) is -4.49. The second-order valence-electron chi connectivity index (χ2n) is 7.67. The maximum atomic E-state index is 14.7. The van der Waals surface area contributed by atoms with Crippen LogP contribution in [0.2, 0.25) is 0 Å². The molecule has 2 aromatic heterocycles. The number of aryl methyl sites for hydroxylation is 1. The molecule has 5 nitrogen and oxygen atoms in total. The quantitative estimate of drug-likeness (QED) is 0.318. The summed E-state index contributed by atoms with van der Waals surface area (Å²) in [5.41, 5.74) is -0.903. The summed E-state index contributed by atoms with van der Waals surface area (Å²) >= 11 is 0. The first-order chi connectivity index (χ1) is 16.4. The van der Waals surface area contributed by atoms with Crippen molar-refractivity contribution in [3.05, 3.63) is 65.4 Å². The Hall–Kier alpha value is -3.31. The van der Waals surface area contributed by atoms with E-state index < -0.39 is 35.7 Å². The van der Waals surface area contributed by atoms with Crippen LogP contribution < -0.4 is 10.1 Å². The number of halogens is 7. The second kappa shape index (κ2) is 10.5. The Morgan fingerprint density at radius 3 is 2.63 bits per heavy atom. The van der Waals surface area contributed by atoms with E-state index in [0.717, 1.165) is 18.2 Å². The molecule has 0 bridgehead atoms. The van der Waals surface area contributed by atoms with E-state index in [0.29, 0.717) is 31.2 Å². The van der Waals surface area contributed by atoms with E-state index in [9.17, 15) is 30.7 Å². The molecule has 0 saturated carbocycles. The minimum Gasteiger partial charge on any atom is -0.402 e. The molecule has 0 saturated heterocycles. The van der Waals surface area contributed by atoms with Gasteiger partial charge in [-0.05, 0) is 50.5 Å². The van der Waals surface area contributed by atoms with Crippen molar-refractivity contribution in [2.24, 2.45) is 0 Å². The summed E-state index contributed by atoms with van der Waals surface area (Å²) < 4.78 is 98.8.